The molecule has 0 aromatic carbocycles. The normalized spacial score (nSPS) is 16.2. The first-order valence-electron chi connectivity index (χ1n) is 7.46. The molecule has 20 heavy (non-hydrogen) atoms. The third-order valence-electron chi connectivity index (χ3n) is 3.99. The Morgan fingerprint density at radius 1 is 1.55 bits per heavy atom. The van der Waals surface area contributed by atoms with E-state index in [1.807, 2.05) is 12.3 Å². The van der Waals surface area contributed by atoms with E-state index in [-0.39, 0.29) is 5.91 Å². The summed E-state index contributed by atoms with van der Waals surface area (Å²) in [6, 6.07) is 4.91. The molecule has 1 saturated carbocycles. The summed E-state index contributed by atoms with van der Waals surface area (Å²) in [4.78, 5) is 18.4. The summed E-state index contributed by atoms with van der Waals surface area (Å²) in [7, 11) is 2.08. The summed E-state index contributed by atoms with van der Waals surface area (Å²) >= 11 is 0. The number of nitrogens with one attached hydrogen (secondary N) is 1. The van der Waals surface area contributed by atoms with Crippen LogP contribution in [0.25, 0.3) is 0 Å². The lowest BCUT2D eigenvalue weighted by Gasteiger charge is -2.24. The lowest BCUT2D eigenvalue weighted by molar-refractivity contribution is -0.121. The summed E-state index contributed by atoms with van der Waals surface area (Å²) in [5.74, 6) is 0.181. The van der Waals surface area contributed by atoms with Gasteiger partial charge in [-0.25, -0.2) is 0 Å². The first-order valence-corrected chi connectivity index (χ1v) is 7.46. The standard InChI is InChI=1S/C16H25N3O/c1-12-5-4-9-17-15(12)11-13(2)19(3)10-8-16(20)18-14-6-7-14/h4-5,9,13-14H,6-8,10-11H2,1-3H3,(H,18,20)/t13-/m0/s1. The van der Waals surface area contributed by atoms with Crippen LogP contribution in [0.5, 0.6) is 0 Å². The molecule has 110 valence electrons. The monoisotopic (exact) mass is 275 g/mol. The molecule has 0 aliphatic heterocycles. The van der Waals surface area contributed by atoms with Crippen LogP contribution in [0.2, 0.25) is 0 Å². The molecule has 0 spiro atoms. The number of pyridine rings is 1. The van der Waals surface area contributed by atoms with Gasteiger partial charge in [-0.05, 0) is 45.4 Å². The first-order chi connectivity index (χ1) is 9.56. The Morgan fingerprint density at radius 2 is 2.30 bits per heavy atom. The van der Waals surface area contributed by atoms with Crippen molar-refractivity contribution in [2.45, 2.75) is 51.6 Å². The van der Waals surface area contributed by atoms with Gasteiger partial charge in [0.15, 0.2) is 0 Å². The second-order valence-corrected chi connectivity index (χ2v) is 5.89. The van der Waals surface area contributed by atoms with Crippen molar-refractivity contribution in [3.05, 3.63) is 29.6 Å². The predicted molar refractivity (Wildman–Crippen MR) is 80.6 cm³/mol. The number of aromatic nitrogens is 1. The number of rotatable bonds is 7. The van der Waals surface area contributed by atoms with Crippen LogP contribution in [0.3, 0.4) is 0 Å². The number of nitrogens with zero attached hydrogens (tertiary/aromatic N) is 2. The second kappa shape index (κ2) is 6.84. The van der Waals surface area contributed by atoms with Gasteiger partial charge in [-0.2, -0.15) is 0 Å². The predicted octanol–water partition coefficient (Wildman–Crippen LogP) is 1.92. The molecule has 1 aliphatic rings. The average Bonchev–Trinajstić information content (AvgIpc) is 3.22. The number of hydrogen-bond acceptors (Lipinski definition) is 3. The van der Waals surface area contributed by atoms with Crippen molar-refractivity contribution >= 4 is 5.91 Å². The minimum absolute atomic E-state index is 0.181. The lowest BCUT2D eigenvalue weighted by atomic mass is 10.1. The minimum Gasteiger partial charge on any atom is -0.353 e. The molecule has 0 unspecified atom stereocenters. The molecule has 1 aromatic rings. The molecule has 0 radical (unpaired) electrons. The number of likely N-dealkylation sites (N-methyl/N-ethyl adjacent to an activating group) is 1. The van der Waals surface area contributed by atoms with Crippen molar-refractivity contribution in [1.29, 1.82) is 0 Å². The van der Waals surface area contributed by atoms with Crippen LogP contribution in [-0.2, 0) is 11.2 Å². The van der Waals surface area contributed by atoms with Gasteiger partial charge < -0.3 is 10.2 Å². The highest BCUT2D eigenvalue weighted by Crippen LogP contribution is 2.18. The van der Waals surface area contributed by atoms with Crippen molar-refractivity contribution in [1.82, 2.24) is 15.2 Å². The van der Waals surface area contributed by atoms with E-state index in [2.05, 4.69) is 42.2 Å². The Labute approximate surface area is 121 Å². The minimum atomic E-state index is 0.181. The molecule has 1 amide bonds. The number of hydrogen-bond donors (Lipinski definition) is 1. The van der Waals surface area contributed by atoms with Gasteiger partial charge in [-0.1, -0.05) is 6.07 Å². The molecule has 1 fully saturated rings. The average molecular weight is 275 g/mol. The maximum atomic E-state index is 11.7. The van der Waals surface area contributed by atoms with E-state index in [4.69, 9.17) is 0 Å². The summed E-state index contributed by atoms with van der Waals surface area (Å²) in [6.07, 6.45) is 5.65. The zero-order chi connectivity index (χ0) is 14.5. The highest BCUT2D eigenvalue weighted by molar-refractivity contribution is 5.76. The van der Waals surface area contributed by atoms with Crippen LogP contribution in [0.15, 0.2) is 18.3 Å². The Morgan fingerprint density at radius 3 is 2.95 bits per heavy atom. The number of aryl methyl sites for hydroxylation is 1. The van der Waals surface area contributed by atoms with Crippen molar-refractivity contribution in [2.75, 3.05) is 13.6 Å². The van der Waals surface area contributed by atoms with E-state index in [0.29, 0.717) is 18.5 Å². The van der Waals surface area contributed by atoms with E-state index in [0.717, 1.165) is 31.5 Å². The van der Waals surface area contributed by atoms with Crippen molar-refractivity contribution < 1.29 is 4.79 Å². The first kappa shape index (κ1) is 15.0. The fourth-order valence-corrected chi connectivity index (χ4v) is 2.19. The van der Waals surface area contributed by atoms with Crippen molar-refractivity contribution in [2.24, 2.45) is 0 Å². The smallest absolute Gasteiger partial charge is 0.221 e. The van der Waals surface area contributed by atoms with Crippen LogP contribution in [0.1, 0.15) is 37.4 Å². The molecule has 1 aromatic heterocycles. The van der Waals surface area contributed by atoms with Gasteiger partial charge in [0.2, 0.25) is 5.91 Å². The molecule has 1 atom stereocenters. The van der Waals surface area contributed by atoms with Gasteiger partial charge in [0.25, 0.3) is 0 Å². The van der Waals surface area contributed by atoms with Crippen LogP contribution >= 0.6 is 0 Å². The zero-order valence-corrected chi connectivity index (χ0v) is 12.7. The van der Waals surface area contributed by atoms with E-state index >= 15 is 0 Å². The second-order valence-electron chi connectivity index (χ2n) is 5.89. The number of carbonyl (C=O) groups excluding carboxylic acids is 1. The fourth-order valence-electron chi connectivity index (χ4n) is 2.19. The van der Waals surface area contributed by atoms with Crippen molar-refractivity contribution in [3.8, 4) is 0 Å². The topological polar surface area (TPSA) is 45.2 Å². The summed E-state index contributed by atoms with van der Waals surface area (Å²) in [5.41, 5.74) is 2.38. The molecular formula is C16H25N3O. The maximum absolute atomic E-state index is 11.7. The van der Waals surface area contributed by atoms with Crippen molar-refractivity contribution in [3.63, 3.8) is 0 Å². The number of carbonyl (C=O) groups is 1. The molecule has 1 aliphatic carbocycles. The number of amides is 1. The third kappa shape index (κ3) is 4.60. The summed E-state index contributed by atoms with van der Waals surface area (Å²) in [6.45, 7) is 5.08. The van der Waals surface area contributed by atoms with Gasteiger partial charge in [-0.3, -0.25) is 9.78 Å². The molecular weight excluding hydrogens is 250 g/mol. The van der Waals surface area contributed by atoms with Gasteiger partial charge in [-0.15, -0.1) is 0 Å². The van der Waals surface area contributed by atoms with Gasteiger partial charge in [0.1, 0.15) is 0 Å². The SMILES string of the molecule is Cc1cccnc1C[C@H](C)N(C)CCC(=O)NC1CC1. The van der Waals surface area contributed by atoms with Crippen LogP contribution in [0, 0.1) is 6.92 Å². The Balaban J connectivity index is 1.75. The molecule has 0 bridgehead atoms. The van der Waals surface area contributed by atoms with Crippen LogP contribution in [0.4, 0.5) is 0 Å². The zero-order valence-electron chi connectivity index (χ0n) is 12.7. The van der Waals surface area contributed by atoms with E-state index in [1.54, 1.807) is 0 Å². The molecule has 0 saturated heterocycles. The van der Waals surface area contributed by atoms with Gasteiger partial charge in [0.05, 0.1) is 0 Å². The highest BCUT2D eigenvalue weighted by atomic mass is 16.1. The fraction of sp³-hybridized carbons (Fsp3) is 0.625. The third-order valence-corrected chi connectivity index (χ3v) is 3.99. The maximum Gasteiger partial charge on any atom is 0.221 e. The molecule has 4 nitrogen and oxygen atoms in total. The van der Waals surface area contributed by atoms with Gasteiger partial charge in [0, 0.05) is 43.4 Å². The lowest BCUT2D eigenvalue weighted by Crippen LogP contribution is -2.35. The molecule has 2 rings (SSSR count). The largest absolute Gasteiger partial charge is 0.353 e. The summed E-state index contributed by atoms with van der Waals surface area (Å²) < 4.78 is 0. The van der Waals surface area contributed by atoms with Crippen LogP contribution < -0.4 is 5.32 Å². The molecule has 1 N–H and O–H groups in total. The molecule has 1 heterocycles. The van der Waals surface area contributed by atoms with E-state index in [1.165, 1.54) is 5.56 Å². The molecule has 4 heteroatoms. The Hall–Kier alpha value is -1.42. The van der Waals surface area contributed by atoms with E-state index < -0.39 is 0 Å². The van der Waals surface area contributed by atoms with Gasteiger partial charge >= 0.3 is 0 Å². The quantitative estimate of drug-likeness (QED) is 0.827. The Kier molecular flexibility index (Phi) is 5.12. The highest BCUT2D eigenvalue weighted by Gasteiger charge is 2.23. The van der Waals surface area contributed by atoms with E-state index in [9.17, 15) is 4.79 Å². The van der Waals surface area contributed by atoms with Crippen LogP contribution in [-0.4, -0.2) is 41.5 Å². The Bertz CT molecular complexity index is 457. The summed E-state index contributed by atoms with van der Waals surface area (Å²) in [5, 5.41) is 3.03.